The van der Waals surface area contributed by atoms with Gasteiger partial charge in [0.15, 0.2) is 0 Å². The van der Waals surface area contributed by atoms with Crippen LogP contribution in [0.2, 0.25) is 10.0 Å². The van der Waals surface area contributed by atoms with Gasteiger partial charge in [0.1, 0.15) is 0 Å². The molecule has 0 radical (unpaired) electrons. The van der Waals surface area contributed by atoms with Gasteiger partial charge in [0.05, 0.1) is 11.5 Å². The number of carbonyl (C=O) groups is 1. The maximum absolute atomic E-state index is 14.4. The first-order chi connectivity index (χ1) is 15.1. The summed E-state index contributed by atoms with van der Waals surface area (Å²) in [6.07, 6.45) is 4.74. The van der Waals surface area contributed by atoms with E-state index in [9.17, 15) is 4.79 Å². The third kappa shape index (κ3) is 3.56. The molecule has 2 nitrogen and oxygen atoms in total. The molecule has 0 bridgehead atoms. The van der Waals surface area contributed by atoms with Gasteiger partial charge in [0.25, 0.3) is 0 Å². The number of halogens is 2. The molecule has 4 heteroatoms. The van der Waals surface area contributed by atoms with Crippen molar-refractivity contribution in [2.24, 2.45) is 0 Å². The van der Waals surface area contributed by atoms with Crippen LogP contribution >= 0.6 is 23.2 Å². The van der Waals surface area contributed by atoms with Crippen molar-refractivity contribution in [1.82, 2.24) is 4.90 Å². The van der Waals surface area contributed by atoms with E-state index in [0.29, 0.717) is 16.6 Å². The lowest BCUT2D eigenvalue weighted by Gasteiger charge is -2.43. The molecule has 1 atom stereocenters. The van der Waals surface area contributed by atoms with Crippen LogP contribution in [0.1, 0.15) is 54.0 Å². The van der Waals surface area contributed by atoms with Crippen molar-refractivity contribution in [1.29, 1.82) is 0 Å². The number of hydrogen-bond acceptors (Lipinski definition) is 1. The number of nitrogens with zero attached hydrogens (tertiary/aromatic N) is 1. The monoisotopic (exact) mass is 449 g/mol. The van der Waals surface area contributed by atoms with Gasteiger partial charge in [-0.15, -0.1) is 0 Å². The van der Waals surface area contributed by atoms with E-state index in [0.717, 1.165) is 43.2 Å². The third-order valence-corrected chi connectivity index (χ3v) is 7.60. The SMILES string of the molecule is O=C(N1CCc2ccccc2[C@H]1c1ccccc1Cl)C1(c2ccc(Cl)cc2)CCCC1. The Morgan fingerprint density at radius 2 is 1.48 bits per heavy atom. The molecule has 0 saturated heterocycles. The Kier molecular flexibility index (Phi) is 5.54. The van der Waals surface area contributed by atoms with Crippen LogP contribution in [-0.4, -0.2) is 17.4 Å². The quantitative estimate of drug-likeness (QED) is 0.422. The largest absolute Gasteiger partial charge is 0.330 e. The van der Waals surface area contributed by atoms with Gasteiger partial charge in [0, 0.05) is 16.6 Å². The Balaban J connectivity index is 1.63. The first-order valence-electron chi connectivity index (χ1n) is 11.0. The highest BCUT2D eigenvalue weighted by molar-refractivity contribution is 6.31. The summed E-state index contributed by atoms with van der Waals surface area (Å²) in [4.78, 5) is 16.4. The number of amides is 1. The second-order valence-electron chi connectivity index (χ2n) is 8.67. The van der Waals surface area contributed by atoms with Crippen molar-refractivity contribution in [3.63, 3.8) is 0 Å². The molecule has 0 aromatic heterocycles. The van der Waals surface area contributed by atoms with Crippen molar-refractivity contribution >= 4 is 29.1 Å². The number of hydrogen-bond donors (Lipinski definition) is 0. The molecule has 3 aromatic rings. The second-order valence-corrected chi connectivity index (χ2v) is 9.51. The first-order valence-corrected chi connectivity index (χ1v) is 11.8. The number of rotatable bonds is 3. The van der Waals surface area contributed by atoms with E-state index < -0.39 is 5.41 Å². The molecule has 0 spiro atoms. The van der Waals surface area contributed by atoms with Gasteiger partial charge in [-0.05, 0) is 59.7 Å². The topological polar surface area (TPSA) is 20.3 Å². The van der Waals surface area contributed by atoms with Crippen molar-refractivity contribution in [3.05, 3.63) is 105 Å². The average molecular weight is 450 g/mol. The van der Waals surface area contributed by atoms with Crippen molar-refractivity contribution in [2.75, 3.05) is 6.54 Å². The third-order valence-electron chi connectivity index (χ3n) is 7.01. The molecule has 1 aliphatic carbocycles. The van der Waals surface area contributed by atoms with Crippen molar-refractivity contribution in [3.8, 4) is 0 Å². The van der Waals surface area contributed by atoms with Gasteiger partial charge < -0.3 is 4.90 Å². The Labute approximate surface area is 193 Å². The molecular formula is C27H25Cl2NO. The molecule has 3 aromatic carbocycles. The number of benzene rings is 3. The molecular weight excluding hydrogens is 425 g/mol. The predicted molar refractivity (Wildman–Crippen MR) is 127 cm³/mol. The van der Waals surface area contributed by atoms with Crippen LogP contribution in [0, 0.1) is 0 Å². The van der Waals surface area contributed by atoms with Crippen molar-refractivity contribution < 1.29 is 4.79 Å². The zero-order chi connectivity index (χ0) is 21.4. The summed E-state index contributed by atoms with van der Waals surface area (Å²) in [5.74, 6) is 0.215. The minimum absolute atomic E-state index is 0.170. The summed E-state index contributed by atoms with van der Waals surface area (Å²) in [6, 6.07) is 24.1. The highest BCUT2D eigenvalue weighted by Gasteiger charge is 2.47. The van der Waals surface area contributed by atoms with Gasteiger partial charge in [-0.25, -0.2) is 0 Å². The van der Waals surface area contributed by atoms with E-state index >= 15 is 0 Å². The highest BCUT2D eigenvalue weighted by atomic mass is 35.5. The molecule has 158 valence electrons. The van der Waals surface area contributed by atoms with Crippen LogP contribution in [0.4, 0.5) is 0 Å². The predicted octanol–water partition coefficient (Wildman–Crippen LogP) is 6.98. The standard InChI is InChI=1S/C27H25Cl2NO/c28-21-13-11-20(12-14-21)27(16-5-6-17-27)26(31)30-18-15-19-7-1-2-8-22(19)25(30)23-9-3-4-10-24(23)29/h1-4,7-14,25H,5-6,15-18H2/t25-/m0/s1. The van der Waals surface area contributed by atoms with Gasteiger partial charge >= 0.3 is 0 Å². The van der Waals surface area contributed by atoms with Crippen LogP contribution in [-0.2, 0) is 16.6 Å². The van der Waals surface area contributed by atoms with E-state index in [2.05, 4.69) is 35.2 Å². The summed E-state index contributed by atoms with van der Waals surface area (Å²) in [7, 11) is 0. The van der Waals surface area contributed by atoms with E-state index in [1.807, 2.05) is 42.5 Å². The summed E-state index contributed by atoms with van der Waals surface area (Å²) in [5, 5.41) is 1.40. The average Bonchev–Trinajstić information content (AvgIpc) is 3.30. The minimum Gasteiger partial charge on any atom is -0.330 e. The lowest BCUT2D eigenvalue weighted by atomic mass is 9.76. The first kappa shape index (κ1) is 20.6. The lowest BCUT2D eigenvalue weighted by Crippen LogP contribution is -2.49. The van der Waals surface area contributed by atoms with Gasteiger partial charge in [-0.1, -0.05) is 90.6 Å². The highest BCUT2D eigenvalue weighted by Crippen LogP contribution is 2.47. The molecule has 1 aliphatic heterocycles. The fourth-order valence-electron chi connectivity index (χ4n) is 5.47. The normalized spacial score (nSPS) is 19.8. The summed E-state index contributed by atoms with van der Waals surface area (Å²) >= 11 is 12.8. The maximum atomic E-state index is 14.4. The van der Waals surface area contributed by atoms with Crippen LogP contribution in [0.15, 0.2) is 72.8 Å². The van der Waals surface area contributed by atoms with E-state index in [1.54, 1.807) is 0 Å². The fraction of sp³-hybridized carbons (Fsp3) is 0.296. The summed E-state index contributed by atoms with van der Waals surface area (Å²) in [5.41, 5.74) is 4.06. The molecule has 5 rings (SSSR count). The van der Waals surface area contributed by atoms with Gasteiger partial charge in [0.2, 0.25) is 5.91 Å². The van der Waals surface area contributed by atoms with Gasteiger partial charge in [-0.3, -0.25) is 4.79 Å². The Morgan fingerprint density at radius 1 is 0.839 bits per heavy atom. The molecule has 31 heavy (non-hydrogen) atoms. The van der Waals surface area contributed by atoms with Gasteiger partial charge in [-0.2, -0.15) is 0 Å². The number of fused-ring (bicyclic) bond motifs is 1. The summed E-state index contributed by atoms with van der Waals surface area (Å²) < 4.78 is 0. The molecule has 0 N–H and O–H groups in total. The fourth-order valence-corrected chi connectivity index (χ4v) is 5.83. The molecule has 1 saturated carbocycles. The molecule has 0 unspecified atom stereocenters. The zero-order valence-corrected chi connectivity index (χ0v) is 18.9. The zero-order valence-electron chi connectivity index (χ0n) is 17.4. The Morgan fingerprint density at radius 3 is 2.19 bits per heavy atom. The van der Waals surface area contributed by atoms with Crippen LogP contribution in [0.25, 0.3) is 0 Å². The molecule has 1 heterocycles. The minimum atomic E-state index is -0.490. The van der Waals surface area contributed by atoms with E-state index in [-0.39, 0.29) is 11.9 Å². The van der Waals surface area contributed by atoms with E-state index in [1.165, 1.54) is 11.1 Å². The molecule has 1 amide bonds. The Bertz CT molecular complexity index is 1100. The lowest BCUT2D eigenvalue weighted by molar-refractivity contribution is -0.139. The summed E-state index contributed by atoms with van der Waals surface area (Å²) in [6.45, 7) is 0.696. The Hall–Kier alpha value is -2.29. The molecule has 2 aliphatic rings. The number of carbonyl (C=O) groups excluding carboxylic acids is 1. The maximum Gasteiger partial charge on any atom is 0.234 e. The van der Waals surface area contributed by atoms with Crippen molar-refractivity contribution in [2.45, 2.75) is 43.6 Å². The smallest absolute Gasteiger partial charge is 0.234 e. The van der Waals surface area contributed by atoms with E-state index in [4.69, 9.17) is 23.2 Å². The van der Waals surface area contributed by atoms with Crippen LogP contribution in [0.5, 0.6) is 0 Å². The van der Waals surface area contributed by atoms with Crippen LogP contribution < -0.4 is 0 Å². The second kappa shape index (κ2) is 8.33. The molecule has 1 fully saturated rings. The van der Waals surface area contributed by atoms with Crippen LogP contribution in [0.3, 0.4) is 0 Å².